The summed E-state index contributed by atoms with van der Waals surface area (Å²) < 4.78 is 18.2. The van der Waals surface area contributed by atoms with Gasteiger partial charge in [0.2, 0.25) is 0 Å². The van der Waals surface area contributed by atoms with Crippen LogP contribution < -0.4 is 16.0 Å². The molecule has 134 valence electrons. The molecule has 0 aliphatic carbocycles. The summed E-state index contributed by atoms with van der Waals surface area (Å²) >= 11 is 0. The van der Waals surface area contributed by atoms with Crippen LogP contribution in [0.5, 0.6) is 0 Å². The van der Waals surface area contributed by atoms with Gasteiger partial charge in [0.15, 0.2) is 5.96 Å². The summed E-state index contributed by atoms with van der Waals surface area (Å²) in [5.41, 5.74) is 0.413. The number of benzene rings is 1. The molecular weight excluding hydrogens is 311 g/mol. The van der Waals surface area contributed by atoms with E-state index in [2.05, 4.69) is 20.9 Å². The van der Waals surface area contributed by atoms with Gasteiger partial charge in [-0.1, -0.05) is 12.1 Å². The smallest absolute Gasteiger partial charge is 0.407 e. The van der Waals surface area contributed by atoms with E-state index in [0.717, 1.165) is 5.56 Å². The van der Waals surface area contributed by atoms with Crippen LogP contribution in [0, 0.1) is 5.82 Å². The monoisotopic (exact) mass is 338 g/mol. The maximum atomic E-state index is 13.1. The Morgan fingerprint density at radius 2 is 1.83 bits per heavy atom. The minimum atomic E-state index is -0.508. The van der Waals surface area contributed by atoms with E-state index < -0.39 is 11.7 Å². The van der Waals surface area contributed by atoms with Gasteiger partial charge >= 0.3 is 6.09 Å². The van der Waals surface area contributed by atoms with Crippen molar-refractivity contribution in [2.45, 2.75) is 32.8 Å². The second-order valence-corrected chi connectivity index (χ2v) is 6.23. The number of hydrogen-bond acceptors (Lipinski definition) is 3. The van der Waals surface area contributed by atoms with E-state index in [0.29, 0.717) is 32.0 Å². The van der Waals surface area contributed by atoms with Crippen molar-refractivity contribution in [3.05, 3.63) is 35.6 Å². The predicted molar refractivity (Wildman–Crippen MR) is 93.7 cm³/mol. The number of carbonyl (C=O) groups is 1. The quantitative estimate of drug-likeness (QED) is 0.422. The summed E-state index contributed by atoms with van der Waals surface area (Å²) in [4.78, 5) is 15.6. The summed E-state index contributed by atoms with van der Waals surface area (Å²) in [7, 11) is 1.67. The lowest BCUT2D eigenvalue weighted by Crippen LogP contribution is -2.43. The Bertz CT molecular complexity index is 556. The van der Waals surface area contributed by atoms with Crippen molar-refractivity contribution < 1.29 is 13.9 Å². The Hall–Kier alpha value is -2.31. The van der Waals surface area contributed by atoms with Crippen LogP contribution in [0.3, 0.4) is 0 Å². The molecule has 1 amide bonds. The number of ether oxygens (including phenoxy) is 1. The van der Waals surface area contributed by atoms with Crippen LogP contribution in [0.25, 0.3) is 0 Å². The van der Waals surface area contributed by atoms with Gasteiger partial charge in [-0.25, -0.2) is 9.18 Å². The minimum absolute atomic E-state index is 0.233. The van der Waals surface area contributed by atoms with Gasteiger partial charge in [0.1, 0.15) is 11.4 Å². The molecule has 0 saturated carbocycles. The van der Waals surface area contributed by atoms with Gasteiger partial charge in [0.05, 0.1) is 0 Å². The fraction of sp³-hybridized carbons (Fsp3) is 0.529. The molecule has 0 aliphatic heterocycles. The highest BCUT2D eigenvalue weighted by molar-refractivity contribution is 5.79. The van der Waals surface area contributed by atoms with Crippen LogP contribution in [0.15, 0.2) is 29.3 Å². The lowest BCUT2D eigenvalue weighted by atomic mass is 10.1. The van der Waals surface area contributed by atoms with E-state index in [1.165, 1.54) is 12.1 Å². The Labute approximate surface area is 142 Å². The molecule has 1 aromatic carbocycles. The Kier molecular flexibility index (Phi) is 8.01. The molecule has 3 N–H and O–H groups in total. The van der Waals surface area contributed by atoms with Gasteiger partial charge < -0.3 is 20.7 Å². The Morgan fingerprint density at radius 3 is 2.46 bits per heavy atom. The van der Waals surface area contributed by atoms with Crippen molar-refractivity contribution in [3.63, 3.8) is 0 Å². The fourth-order valence-corrected chi connectivity index (χ4v) is 1.90. The molecule has 0 spiro atoms. The second-order valence-electron chi connectivity index (χ2n) is 6.23. The highest BCUT2D eigenvalue weighted by atomic mass is 19.1. The van der Waals surface area contributed by atoms with Crippen molar-refractivity contribution in [1.29, 1.82) is 0 Å². The van der Waals surface area contributed by atoms with Gasteiger partial charge in [0, 0.05) is 26.7 Å². The average Bonchev–Trinajstić information content (AvgIpc) is 2.48. The zero-order valence-electron chi connectivity index (χ0n) is 14.8. The molecule has 0 unspecified atom stereocenters. The standard InChI is InChI=1S/C17H27FN4O2/c1-17(2,3)24-16(23)22-11-10-21-15(19-4)20-9-8-13-6-5-7-14(18)12-13/h5-7,12H,8-11H2,1-4H3,(H,22,23)(H2,19,20,21). The number of halogens is 1. The zero-order valence-corrected chi connectivity index (χ0v) is 14.8. The molecule has 6 nitrogen and oxygen atoms in total. The zero-order chi connectivity index (χ0) is 18.0. The van der Waals surface area contributed by atoms with Gasteiger partial charge in [0.25, 0.3) is 0 Å². The number of amides is 1. The molecule has 1 rings (SSSR count). The van der Waals surface area contributed by atoms with Crippen molar-refractivity contribution in [1.82, 2.24) is 16.0 Å². The SMILES string of the molecule is CN=C(NCCNC(=O)OC(C)(C)C)NCCc1cccc(F)c1. The van der Waals surface area contributed by atoms with Crippen LogP contribution in [-0.2, 0) is 11.2 Å². The minimum Gasteiger partial charge on any atom is -0.444 e. The van der Waals surface area contributed by atoms with Crippen molar-refractivity contribution in [2.24, 2.45) is 4.99 Å². The van der Waals surface area contributed by atoms with Gasteiger partial charge in [-0.2, -0.15) is 0 Å². The first-order valence-electron chi connectivity index (χ1n) is 7.96. The fourth-order valence-electron chi connectivity index (χ4n) is 1.90. The van der Waals surface area contributed by atoms with Crippen molar-refractivity contribution in [3.8, 4) is 0 Å². The molecule has 24 heavy (non-hydrogen) atoms. The lowest BCUT2D eigenvalue weighted by molar-refractivity contribution is 0.0529. The molecule has 0 heterocycles. The largest absolute Gasteiger partial charge is 0.444 e. The molecule has 0 radical (unpaired) electrons. The van der Waals surface area contributed by atoms with Crippen molar-refractivity contribution >= 4 is 12.1 Å². The van der Waals surface area contributed by atoms with Gasteiger partial charge in [-0.05, 0) is 44.9 Å². The number of alkyl carbamates (subject to hydrolysis) is 1. The normalized spacial score (nSPS) is 11.8. The second kappa shape index (κ2) is 9.75. The summed E-state index contributed by atoms with van der Waals surface area (Å²) in [6.45, 7) is 7.00. The van der Waals surface area contributed by atoms with Crippen LogP contribution in [0.1, 0.15) is 26.3 Å². The van der Waals surface area contributed by atoms with Crippen molar-refractivity contribution in [2.75, 3.05) is 26.7 Å². The van der Waals surface area contributed by atoms with E-state index in [-0.39, 0.29) is 5.82 Å². The van der Waals surface area contributed by atoms with Gasteiger partial charge in [-0.3, -0.25) is 4.99 Å². The third-order valence-electron chi connectivity index (χ3n) is 2.90. The number of nitrogens with one attached hydrogen (secondary N) is 3. The molecule has 0 fully saturated rings. The van der Waals surface area contributed by atoms with E-state index in [9.17, 15) is 9.18 Å². The molecule has 7 heteroatoms. The first kappa shape index (κ1) is 19.7. The maximum Gasteiger partial charge on any atom is 0.407 e. The van der Waals surface area contributed by atoms with Crippen LogP contribution >= 0.6 is 0 Å². The van der Waals surface area contributed by atoms with Crippen LogP contribution in [-0.4, -0.2) is 44.3 Å². The van der Waals surface area contributed by atoms with Crippen LogP contribution in [0.4, 0.5) is 9.18 Å². The van der Waals surface area contributed by atoms with E-state index in [4.69, 9.17) is 4.74 Å². The van der Waals surface area contributed by atoms with E-state index in [1.54, 1.807) is 13.1 Å². The highest BCUT2D eigenvalue weighted by Gasteiger charge is 2.15. The molecular formula is C17H27FN4O2. The van der Waals surface area contributed by atoms with Crippen LogP contribution in [0.2, 0.25) is 0 Å². The lowest BCUT2D eigenvalue weighted by Gasteiger charge is -2.19. The molecule has 0 atom stereocenters. The number of guanidine groups is 1. The highest BCUT2D eigenvalue weighted by Crippen LogP contribution is 2.06. The predicted octanol–water partition coefficient (Wildman–Crippen LogP) is 2.06. The first-order chi connectivity index (χ1) is 11.3. The first-order valence-corrected chi connectivity index (χ1v) is 7.96. The summed E-state index contributed by atoms with van der Waals surface area (Å²) in [6, 6.07) is 6.52. The van der Waals surface area contributed by atoms with E-state index in [1.807, 2.05) is 26.8 Å². The average molecular weight is 338 g/mol. The van der Waals surface area contributed by atoms with E-state index >= 15 is 0 Å². The summed E-state index contributed by atoms with van der Waals surface area (Å²) in [6.07, 6.45) is 0.243. The summed E-state index contributed by atoms with van der Waals surface area (Å²) in [5.74, 6) is 0.389. The Morgan fingerprint density at radius 1 is 1.17 bits per heavy atom. The molecule has 0 aliphatic rings. The van der Waals surface area contributed by atoms with Gasteiger partial charge in [-0.15, -0.1) is 0 Å². The Balaban J connectivity index is 2.20. The number of rotatable bonds is 6. The molecule has 1 aromatic rings. The molecule has 0 saturated heterocycles. The number of carbonyl (C=O) groups excluding carboxylic acids is 1. The number of aliphatic imine (C=N–C) groups is 1. The summed E-state index contributed by atoms with van der Waals surface area (Å²) in [5, 5.41) is 8.87. The third-order valence-corrected chi connectivity index (χ3v) is 2.90. The molecule has 0 bridgehead atoms. The topological polar surface area (TPSA) is 74.8 Å². The number of hydrogen-bond donors (Lipinski definition) is 3. The number of nitrogens with zero attached hydrogens (tertiary/aromatic N) is 1. The molecule has 0 aromatic heterocycles. The maximum absolute atomic E-state index is 13.1. The third kappa shape index (κ3) is 8.97.